The van der Waals surface area contributed by atoms with E-state index in [-0.39, 0.29) is 18.0 Å². The molecule has 1 aliphatic heterocycles. The maximum absolute atomic E-state index is 13.6. The third-order valence-electron chi connectivity index (χ3n) is 3.91. The average Bonchev–Trinajstić information content (AvgIpc) is 2.86. The highest BCUT2D eigenvalue weighted by atomic mass is 19.1. The lowest BCUT2D eigenvalue weighted by Gasteiger charge is -2.28. The molecule has 0 bridgehead atoms. The maximum atomic E-state index is 13.6. The predicted molar refractivity (Wildman–Crippen MR) is 77.5 cm³/mol. The van der Waals surface area contributed by atoms with Crippen LogP contribution in [0.1, 0.15) is 38.3 Å². The fourth-order valence-electron chi connectivity index (χ4n) is 2.79. The molecule has 1 fully saturated rings. The topological polar surface area (TPSA) is 30.5 Å². The SMILES string of the molecule is CCCNC(c1cc(F)ccc1OC)C1OCCC1C. The first-order chi connectivity index (χ1) is 9.67. The van der Waals surface area contributed by atoms with Crippen molar-refractivity contribution in [3.8, 4) is 5.75 Å². The zero-order valence-electron chi connectivity index (χ0n) is 12.5. The molecule has 4 heteroatoms. The van der Waals surface area contributed by atoms with E-state index in [0.29, 0.717) is 11.7 Å². The lowest BCUT2D eigenvalue weighted by Crippen LogP contribution is -2.35. The van der Waals surface area contributed by atoms with Crippen molar-refractivity contribution in [1.29, 1.82) is 0 Å². The third kappa shape index (κ3) is 3.30. The normalized spacial score (nSPS) is 23.8. The van der Waals surface area contributed by atoms with Gasteiger partial charge in [-0.05, 0) is 43.5 Å². The van der Waals surface area contributed by atoms with Crippen molar-refractivity contribution in [2.24, 2.45) is 5.92 Å². The number of ether oxygens (including phenoxy) is 2. The molecule has 1 saturated heterocycles. The molecule has 1 heterocycles. The van der Waals surface area contributed by atoms with E-state index in [9.17, 15) is 4.39 Å². The summed E-state index contributed by atoms with van der Waals surface area (Å²) in [6.07, 6.45) is 2.14. The monoisotopic (exact) mass is 281 g/mol. The van der Waals surface area contributed by atoms with E-state index < -0.39 is 0 Å². The van der Waals surface area contributed by atoms with E-state index in [1.807, 2.05) is 0 Å². The lowest BCUT2D eigenvalue weighted by atomic mass is 9.91. The Morgan fingerprint density at radius 3 is 2.90 bits per heavy atom. The summed E-state index contributed by atoms with van der Waals surface area (Å²) in [4.78, 5) is 0. The molecule has 0 aliphatic carbocycles. The van der Waals surface area contributed by atoms with Crippen LogP contribution in [0.3, 0.4) is 0 Å². The number of benzene rings is 1. The summed E-state index contributed by atoms with van der Waals surface area (Å²) >= 11 is 0. The lowest BCUT2D eigenvalue weighted by molar-refractivity contribution is 0.0598. The van der Waals surface area contributed by atoms with Crippen molar-refractivity contribution in [3.63, 3.8) is 0 Å². The first-order valence-electron chi connectivity index (χ1n) is 7.35. The summed E-state index contributed by atoms with van der Waals surface area (Å²) in [5, 5.41) is 3.49. The molecule has 112 valence electrons. The molecule has 0 amide bonds. The molecule has 1 aliphatic rings. The van der Waals surface area contributed by atoms with Crippen LogP contribution in [-0.4, -0.2) is 26.4 Å². The van der Waals surface area contributed by atoms with Crippen LogP contribution in [-0.2, 0) is 4.74 Å². The molecular formula is C16H24FNO2. The summed E-state index contributed by atoms with van der Waals surface area (Å²) in [5.74, 6) is 0.926. The smallest absolute Gasteiger partial charge is 0.123 e. The molecule has 3 nitrogen and oxygen atoms in total. The van der Waals surface area contributed by atoms with Gasteiger partial charge in [-0.15, -0.1) is 0 Å². The molecule has 1 N–H and O–H groups in total. The first-order valence-corrected chi connectivity index (χ1v) is 7.35. The Morgan fingerprint density at radius 2 is 2.30 bits per heavy atom. The van der Waals surface area contributed by atoms with E-state index in [4.69, 9.17) is 9.47 Å². The molecular weight excluding hydrogens is 257 g/mol. The van der Waals surface area contributed by atoms with Crippen LogP contribution in [0.2, 0.25) is 0 Å². The van der Waals surface area contributed by atoms with Crippen molar-refractivity contribution < 1.29 is 13.9 Å². The fourth-order valence-corrected chi connectivity index (χ4v) is 2.79. The van der Waals surface area contributed by atoms with Crippen LogP contribution >= 0.6 is 0 Å². The van der Waals surface area contributed by atoms with Gasteiger partial charge in [0.25, 0.3) is 0 Å². The van der Waals surface area contributed by atoms with E-state index >= 15 is 0 Å². The second-order valence-corrected chi connectivity index (χ2v) is 5.42. The largest absolute Gasteiger partial charge is 0.496 e. The Morgan fingerprint density at radius 1 is 1.50 bits per heavy atom. The Bertz CT molecular complexity index is 438. The van der Waals surface area contributed by atoms with E-state index in [2.05, 4.69) is 19.2 Å². The van der Waals surface area contributed by atoms with E-state index in [1.165, 1.54) is 6.07 Å². The van der Waals surface area contributed by atoms with Crippen molar-refractivity contribution in [3.05, 3.63) is 29.6 Å². The van der Waals surface area contributed by atoms with Crippen molar-refractivity contribution >= 4 is 0 Å². The highest BCUT2D eigenvalue weighted by Crippen LogP contribution is 2.35. The minimum absolute atomic E-state index is 0.0295. The molecule has 0 radical (unpaired) electrons. The van der Waals surface area contributed by atoms with Crippen LogP contribution in [0.4, 0.5) is 4.39 Å². The molecule has 1 aromatic rings. The quantitative estimate of drug-likeness (QED) is 0.868. The summed E-state index contributed by atoms with van der Waals surface area (Å²) in [6.45, 7) is 5.94. The van der Waals surface area contributed by atoms with Crippen LogP contribution in [0.15, 0.2) is 18.2 Å². The Kier molecular flexibility index (Phi) is 5.38. The van der Waals surface area contributed by atoms with Crippen LogP contribution in [0.25, 0.3) is 0 Å². The zero-order valence-corrected chi connectivity index (χ0v) is 12.5. The molecule has 0 saturated carbocycles. The zero-order chi connectivity index (χ0) is 14.5. The minimum atomic E-state index is -0.241. The number of hydrogen-bond donors (Lipinski definition) is 1. The summed E-state index contributed by atoms with van der Waals surface area (Å²) in [6, 6.07) is 4.64. The van der Waals surface area contributed by atoms with Crippen molar-refractivity contribution in [2.75, 3.05) is 20.3 Å². The summed E-state index contributed by atoms with van der Waals surface area (Å²) in [7, 11) is 1.62. The molecule has 0 aromatic heterocycles. The van der Waals surface area contributed by atoms with Gasteiger partial charge in [-0.2, -0.15) is 0 Å². The molecule has 0 spiro atoms. The second kappa shape index (κ2) is 7.04. The Labute approximate surface area is 120 Å². The standard InChI is InChI=1S/C16H24FNO2/c1-4-8-18-15(16-11(2)7-9-20-16)13-10-12(17)5-6-14(13)19-3/h5-6,10-11,15-16,18H,4,7-9H2,1-3H3. The number of methoxy groups -OCH3 is 1. The van der Waals surface area contributed by atoms with Crippen molar-refractivity contribution in [2.45, 2.75) is 38.8 Å². The van der Waals surface area contributed by atoms with Crippen LogP contribution in [0.5, 0.6) is 5.75 Å². The van der Waals surface area contributed by atoms with Gasteiger partial charge >= 0.3 is 0 Å². The molecule has 3 unspecified atom stereocenters. The van der Waals surface area contributed by atoms with E-state index in [1.54, 1.807) is 19.2 Å². The minimum Gasteiger partial charge on any atom is -0.496 e. The number of halogens is 1. The highest BCUT2D eigenvalue weighted by Gasteiger charge is 2.34. The van der Waals surface area contributed by atoms with Gasteiger partial charge in [0.05, 0.1) is 19.3 Å². The first kappa shape index (κ1) is 15.3. The number of rotatable bonds is 6. The molecule has 20 heavy (non-hydrogen) atoms. The van der Waals surface area contributed by atoms with Gasteiger partial charge in [-0.25, -0.2) is 4.39 Å². The van der Waals surface area contributed by atoms with E-state index in [0.717, 1.165) is 31.6 Å². The highest BCUT2D eigenvalue weighted by molar-refractivity contribution is 5.37. The maximum Gasteiger partial charge on any atom is 0.123 e. The molecule has 1 aromatic carbocycles. The fraction of sp³-hybridized carbons (Fsp3) is 0.625. The molecule has 3 atom stereocenters. The van der Waals surface area contributed by atoms with Crippen LogP contribution < -0.4 is 10.1 Å². The summed E-state index contributed by atoms with van der Waals surface area (Å²) in [5.41, 5.74) is 0.847. The third-order valence-corrected chi connectivity index (χ3v) is 3.91. The number of nitrogens with one attached hydrogen (secondary N) is 1. The predicted octanol–water partition coefficient (Wildman–Crippen LogP) is 3.30. The average molecular weight is 281 g/mol. The number of hydrogen-bond acceptors (Lipinski definition) is 3. The van der Waals surface area contributed by atoms with Gasteiger partial charge in [-0.1, -0.05) is 13.8 Å². The Hall–Kier alpha value is -1.13. The second-order valence-electron chi connectivity index (χ2n) is 5.42. The van der Waals surface area contributed by atoms with Gasteiger partial charge in [0.1, 0.15) is 11.6 Å². The van der Waals surface area contributed by atoms with Crippen LogP contribution in [0, 0.1) is 11.7 Å². The Balaban J connectivity index is 2.32. The summed E-state index contributed by atoms with van der Waals surface area (Å²) < 4.78 is 24.9. The van der Waals surface area contributed by atoms with Gasteiger partial charge in [0, 0.05) is 12.2 Å². The van der Waals surface area contributed by atoms with Gasteiger partial charge in [-0.3, -0.25) is 0 Å². The van der Waals surface area contributed by atoms with Crippen molar-refractivity contribution in [1.82, 2.24) is 5.32 Å². The van der Waals surface area contributed by atoms with Gasteiger partial charge in [0.2, 0.25) is 0 Å². The van der Waals surface area contributed by atoms with Gasteiger partial charge in [0.15, 0.2) is 0 Å². The van der Waals surface area contributed by atoms with Gasteiger partial charge < -0.3 is 14.8 Å². The molecule has 2 rings (SSSR count).